The molecule has 3 unspecified atom stereocenters. The topological polar surface area (TPSA) is 19.4 Å². The number of hydrogen-bond donors (Lipinski definition) is 0. The molecule has 0 aromatic carbocycles. The van der Waals surface area contributed by atoms with Crippen molar-refractivity contribution in [1.82, 2.24) is 9.88 Å². The summed E-state index contributed by atoms with van der Waals surface area (Å²) in [5, 5.41) is 0.0974. The number of alkyl halides is 3. The third-order valence-electron chi connectivity index (χ3n) is 32.8. The van der Waals surface area contributed by atoms with Gasteiger partial charge in [0, 0.05) is 38.9 Å². The monoisotopic (exact) mass is 1880 g/mol. The third-order valence-corrected chi connectivity index (χ3v) is 33.0. The number of rotatable bonds is 3. The van der Waals surface area contributed by atoms with Crippen LogP contribution >= 0.6 is 11.6 Å². The molecule has 3 aliphatic carbocycles. The number of fused-ring (bicyclic) bond motifs is 109. The van der Waals surface area contributed by atoms with Crippen LogP contribution in [0.2, 0.25) is 5.02 Å². The summed E-state index contributed by atoms with van der Waals surface area (Å²) in [6.07, 6.45) is 163. The minimum absolute atomic E-state index is 0.0974. The highest BCUT2D eigenvalue weighted by Crippen LogP contribution is 2.38. The molecule has 784 valence electrons. The van der Waals surface area contributed by atoms with Gasteiger partial charge in [0.25, 0.3) is 0 Å². The molecule has 1 saturated heterocycles. The molecule has 1 aromatic heterocycles. The van der Waals surface area contributed by atoms with Crippen LogP contribution in [0.1, 0.15) is 712 Å². The van der Waals surface area contributed by atoms with Crippen LogP contribution in [0.15, 0.2) is 24.4 Å². The summed E-state index contributed by atoms with van der Waals surface area (Å²) in [6.45, 7) is 4.41. The van der Waals surface area contributed by atoms with E-state index in [4.69, 9.17) is 11.6 Å². The number of piperazine rings is 1. The van der Waals surface area contributed by atoms with Crippen LogP contribution in [0.4, 0.5) is 19.0 Å². The molecule has 0 spiro atoms. The van der Waals surface area contributed by atoms with Crippen molar-refractivity contribution in [3.05, 3.63) is 35.0 Å². The van der Waals surface area contributed by atoms with E-state index in [9.17, 15) is 13.2 Å². The Morgan fingerprint density at radius 1 is 0.226 bits per heavy atom. The Bertz CT molecular complexity index is 2410. The van der Waals surface area contributed by atoms with Crippen molar-refractivity contribution in [2.45, 2.75) is 712 Å². The molecule has 3 nitrogen and oxygen atoms in total. The fourth-order valence-electron chi connectivity index (χ4n) is 23.5. The average Bonchev–Trinajstić information content (AvgIpc) is 0.811. The second-order valence-electron chi connectivity index (χ2n) is 45.5. The van der Waals surface area contributed by atoms with E-state index in [2.05, 4.69) is 26.9 Å². The molecule has 7 heteroatoms. The zero-order valence-corrected chi connectivity index (χ0v) is 91.0. The molecule has 1 aromatic rings. The van der Waals surface area contributed by atoms with E-state index in [-0.39, 0.29) is 5.02 Å². The number of hydrogen-bond acceptors (Lipinski definition) is 3. The summed E-state index contributed by atoms with van der Waals surface area (Å²) >= 11 is 6.43. The number of halogens is 4. The Morgan fingerprint density at radius 3 is 0.556 bits per heavy atom. The summed E-state index contributed by atoms with van der Waals surface area (Å²) < 4.78 is 40.3. The summed E-state index contributed by atoms with van der Waals surface area (Å²) in [5.41, 5.74) is -0.780. The van der Waals surface area contributed by atoms with Crippen molar-refractivity contribution in [1.29, 1.82) is 0 Å². The number of pyridine rings is 1. The SMILES string of the molecule is FC(F)(F)c1cnc(N2CCN(CC3CC4C=CC3CCCCCCCCCCCCCCCCCCCCCCCCCCCCCCCCCCCCCCCCCCCCCCCCCCCCCCCCCCCCCCCCCCCCCCCCCCCCCCCCCCCCCCCCCCCCCCCCCCCCCCCCCCCCC4)CC2)c(Cl)c1. The van der Waals surface area contributed by atoms with Crippen LogP contribution in [0.5, 0.6) is 0 Å². The normalized spacial score (nSPS) is 25.1. The van der Waals surface area contributed by atoms with E-state index in [0.717, 1.165) is 45.0 Å². The quantitative estimate of drug-likeness (QED) is 0.281. The maximum atomic E-state index is 13.4. The number of anilines is 1. The first-order valence-electron chi connectivity index (χ1n) is 62.8. The molecular formula is C126H237ClF3N3. The van der Waals surface area contributed by atoms with Crippen molar-refractivity contribution in [2.75, 3.05) is 37.6 Å². The van der Waals surface area contributed by atoms with Gasteiger partial charge in [-0.1, -0.05) is 711 Å². The third kappa shape index (κ3) is 83.9. The second kappa shape index (κ2) is 99.5. The standard InChI is InChI=1S/C126H237ClF3N3/c127-124-117-123(126(128,129)130)118-131-125(124)133-114-112-132(113-115-133)119-122-116-120-108-106-104-102-100-98-96-94-92-90-88-86-84-82-80-78-76-74-72-70-68-66-64-62-60-58-56-54-52-50-48-46-44-42-40-38-36-34-32-30-28-26-24-22-20-18-16-14-12-10-8-6-4-2-1-3-5-7-9-11-13-15-17-19-21-23-25-27-29-31-33-35-37-39-41-43-45-47-49-51-53-55-57-59-61-63-65-67-69-71-73-75-77-79-81-83-85-87-89-91-93-95-97-99-101-103-105-107-109-121(122)111-110-120/h110-111,117-118,120-122H,1-109,112-116,119H2. The first kappa shape index (κ1) is 124. The molecule has 2 heterocycles. The Labute approximate surface area is 837 Å². The molecule has 0 N–H and O–H groups in total. The van der Waals surface area contributed by atoms with Crippen LogP contribution in [0.25, 0.3) is 0 Å². The van der Waals surface area contributed by atoms with Gasteiger partial charge in [0.2, 0.25) is 0 Å². The van der Waals surface area contributed by atoms with E-state index in [0.29, 0.717) is 23.6 Å². The van der Waals surface area contributed by atoms with Gasteiger partial charge in [0.1, 0.15) is 5.82 Å². The molecule has 0 radical (unpaired) electrons. The summed E-state index contributed by atoms with van der Waals surface area (Å²) in [7, 11) is 0. The van der Waals surface area contributed by atoms with Crippen LogP contribution < -0.4 is 4.90 Å². The molecule has 2 bridgehead atoms. The minimum atomic E-state index is -4.44. The fourth-order valence-corrected chi connectivity index (χ4v) is 23.8. The molecule has 1 aliphatic heterocycles. The molecule has 3 atom stereocenters. The Hall–Kier alpha value is -1.27. The second-order valence-corrected chi connectivity index (χ2v) is 45.9. The van der Waals surface area contributed by atoms with E-state index in [1.54, 1.807) is 0 Å². The van der Waals surface area contributed by atoms with Gasteiger partial charge in [-0.15, -0.1) is 0 Å². The van der Waals surface area contributed by atoms with Crippen molar-refractivity contribution in [2.24, 2.45) is 17.8 Å². The van der Waals surface area contributed by atoms with Crippen molar-refractivity contribution < 1.29 is 13.2 Å². The van der Waals surface area contributed by atoms with Gasteiger partial charge in [-0.3, -0.25) is 4.90 Å². The molecular weight excluding hydrogens is 1650 g/mol. The maximum Gasteiger partial charge on any atom is 0.417 e. The number of nitrogens with zero attached hydrogens (tertiary/aromatic N) is 3. The number of allylic oxidation sites excluding steroid dienone is 2. The highest BCUT2D eigenvalue weighted by atomic mass is 35.5. The van der Waals surface area contributed by atoms with Gasteiger partial charge in [-0.25, -0.2) is 4.98 Å². The summed E-state index contributed by atoms with van der Waals surface area (Å²) in [5.74, 6) is 2.49. The molecule has 4 aliphatic rings. The Balaban J connectivity index is 0.968. The van der Waals surface area contributed by atoms with Crippen LogP contribution in [0, 0.1) is 17.8 Å². The Morgan fingerprint density at radius 2 is 0.391 bits per heavy atom. The van der Waals surface area contributed by atoms with E-state index >= 15 is 0 Å². The predicted molar refractivity (Wildman–Crippen MR) is 590 cm³/mol. The van der Waals surface area contributed by atoms with E-state index in [1.807, 2.05) is 0 Å². The highest BCUT2D eigenvalue weighted by Gasteiger charge is 2.34. The van der Waals surface area contributed by atoms with Crippen LogP contribution in [-0.2, 0) is 6.18 Å². The molecule has 5 rings (SSSR count). The van der Waals surface area contributed by atoms with Crippen molar-refractivity contribution in [3.8, 4) is 0 Å². The molecule has 133 heavy (non-hydrogen) atoms. The molecule has 0 amide bonds. The predicted octanol–water partition coefficient (Wildman–Crippen LogP) is 46.2. The molecule has 1 saturated carbocycles. The van der Waals surface area contributed by atoms with Gasteiger partial charge in [0.15, 0.2) is 0 Å². The average molecular weight is 1890 g/mol. The van der Waals surface area contributed by atoms with Gasteiger partial charge < -0.3 is 4.90 Å². The van der Waals surface area contributed by atoms with Crippen molar-refractivity contribution >= 4 is 17.4 Å². The van der Waals surface area contributed by atoms with Crippen molar-refractivity contribution in [3.63, 3.8) is 0 Å². The molecule has 2 fully saturated rings. The maximum absolute atomic E-state index is 13.4. The lowest BCUT2D eigenvalue weighted by atomic mass is 9.75. The lowest BCUT2D eigenvalue weighted by molar-refractivity contribution is -0.137. The number of aromatic nitrogens is 1. The zero-order valence-electron chi connectivity index (χ0n) is 90.2. The largest absolute Gasteiger partial charge is 0.417 e. The van der Waals surface area contributed by atoms with Gasteiger partial charge >= 0.3 is 6.18 Å². The van der Waals surface area contributed by atoms with Crippen LogP contribution in [0.3, 0.4) is 0 Å². The summed E-state index contributed by atoms with van der Waals surface area (Å²) in [4.78, 5) is 8.93. The zero-order chi connectivity index (χ0) is 94.0. The van der Waals surface area contributed by atoms with Gasteiger partial charge in [-0.2, -0.15) is 13.2 Å². The highest BCUT2D eigenvalue weighted by molar-refractivity contribution is 6.33. The first-order valence-corrected chi connectivity index (χ1v) is 63.2. The van der Waals surface area contributed by atoms with Crippen LogP contribution in [-0.4, -0.2) is 42.6 Å². The lowest BCUT2D eigenvalue weighted by Crippen LogP contribution is -2.49. The lowest BCUT2D eigenvalue weighted by Gasteiger charge is -2.40. The summed E-state index contributed by atoms with van der Waals surface area (Å²) in [6, 6.07) is 1.04. The van der Waals surface area contributed by atoms with E-state index < -0.39 is 11.7 Å². The van der Waals surface area contributed by atoms with Gasteiger partial charge in [0.05, 0.1) is 10.6 Å². The van der Waals surface area contributed by atoms with Gasteiger partial charge in [-0.05, 0) is 43.1 Å². The smallest absolute Gasteiger partial charge is 0.353 e. The minimum Gasteiger partial charge on any atom is -0.353 e. The Kier molecular flexibility index (Phi) is 92.7. The first-order chi connectivity index (χ1) is 65.9. The van der Waals surface area contributed by atoms with E-state index in [1.165, 1.54) is 706 Å². The fraction of sp³-hybridized carbons (Fsp3) is 0.944.